The molecule has 0 aliphatic heterocycles. The molecule has 1 aromatic rings. The summed E-state index contributed by atoms with van der Waals surface area (Å²) in [5.41, 5.74) is 0.563. The van der Waals surface area contributed by atoms with Crippen LogP contribution in [0.25, 0.3) is 0 Å². The lowest BCUT2D eigenvalue weighted by molar-refractivity contribution is 0.0923. The molecule has 0 saturated heterocycles. The van der Waals surface area contributed by atoms with Gasteiger partial charge in [0.1, 0.15) is 10.8 Å². The lowest BCUT2D eigenvalue weighted by Gasteiger charge is -2.27. The monoisotopic (exact) mass is 267 g/mol. The van der Waals surface area contributed by atoms with Crippen LogP contribution in [0, 0.1) is 5.41 Å². The molecule has 0 bridgehead atoms. The van der Waals surface area contributed by atoms with Crippen LogP contribution < -0.4 is 5.32 Å². The Balaban J connectivity index is 1.96. The van der Waals surface area contributed by atoms with Crippen LogP contribution in [0.5, 0.6) is 0 Å². The van der Waals surface area contributed by atoms with Crippen LogP contribution in [-0.4, -0.2) is 22.4 Å². The van der Waals surface area contributed by atoms with Gasteiger partial charge in [-0.05, 0) is 24.7 Å². The van der Waals surface area contributed by atoms with Gasteiger partial charge in [-0.3, -0.25) is 9.78 Å². The molecule has 5 heteroatoms. The van der Waals surface area contributed by atoms with E-state index in [0.29, 0.717) is 0 Å². The molecule has 1 aliphatic rings. The lowest BCUT2D eigenvalue weighted by atomic mass is 9.83. The number of carbonyl (C=O) groups excluding carboxylic acids is 1. The second-order valence-electron chi connectivity index (χ2n) is 4.97. The number of hydrogen-bond donors (Lipinski definition) is 1. The first-order chi connectivity index (χ1) is 8.65. The van der Waals surface area contributed by atoms with E-state index in [1.165, 1.54) is 38.1 Å². The van der Waals surface area contributed by atoms with E-state index in [9.17, 15) is 4.79 Å². The van der Waals surface area contributed by atoms with Gasteiger partial charge in [-0.25, -0.2) is 4.98 Å². The van der Waals surface area contributed by atoms with E-state index in [1.807, 2.05) is 0 Å². The van der Waals surface area contributed by atoms with Crippen LogP contribution in [0.15, 0.2) is 12.4 Å². The maximum Gasteiger partial charge on any atom is 0.271 e. The molecule has 1 saturated carbocycles. The van der Waals surface area contributed by atoms with Gasteiger partial charge in [0.2, 0.25) is 0 Å². The highest BCUT2D eigenvalue weighted by molar-refractivity contribution is 6.29. The molecule has 1 amide bonds. The molecule has 0 spiro atoms. The Labute approximate surface area is 112 Å². The third-order valence-electron chi connectivity index (χ3n) is 3.88. The molecular weight excluding hydrogens is 250 g/mol. The van der Waals surface area contributed by atoms with Gasteiger partial charge in [0, 0.05) is 6.54 Å². The number of aromatic nitrogens is 2. The molecule has 1 aliphatic carbocycles. The van der Waals surface area contributed by atoms with Gasteiger partial charge in [0.05, 0.1) is 12.4 Å². The predicted molar refractivity (Wildman–Crippen MR) is 70.6 cm³/mol. The van der Waals surface area contributed by atoms with Gasteiger partial charge in [-0.1, -0.05) is 31.4 Å². The number of nitrogens with zero attached hydrogens (tertiary/aromatic N) is 2. The van der Waals surface area contributed by atoms with Crippen molar-refractivity contribution in [2.75, 3.05) is 6.54 Å². The minimum atomic E-state index is -0.190. The van der Waals surface area contributed by atoms with E-state index in [1.54, 1.807) is 0 Å². The van der Waals surface area contributed by atoms with Gasteiger partial charge >= 0.3 is 0 Å². The summed E-state index contributed by atoms with van der Waals surface area (Å²) < 4.78 is 0. The first-order valence-electron chi connectivity index (χ1n) is 6.41. The van der Waals surface area contributed by atoms with E-state index >= 15 is 0 Å². The summed E-state index contributed by atoms with van der Waals surface area (Å²) in [7, 11) is 0. The fourth-order valence-corrected chi connectivity index (χ4v) is 2.74. The molecule has 98 valence electrons. The lowest BCUT2D eigenvalue weighted by Crippen LogP contribution is -2.36. The fourth-order valence-electron chi connectivity index (χ4n) is 2.59. The number of halogens is 1. The largest absolute Gasteiger partial charge is 0.350 e. The summed E-state index contributed by atoms with van der Waals surface area (Å²) in [6.07, 6.45) is 8.89. The molecule has 1 fully saturated rings. The van der Waals surface area contributed by atoms with Crippen molar-refractivity contribution in [1.82, 2.24) is 15.3 Å². The van der Waals surface area contributed by atoms with Crippen molar-refractivity contribution in [2.45, 2.75) is 39.0 Å². The van der Waals surface area contributed by atoms with Crippen LogP contribution in [0.4, 0.5) is 0 Å². The van der Waals surface area contributed by atoms with Crippen molar-refractivity contribution in [3.8, 4) is 0 Å². The van der Waals surface area contributed by atoms with Crippen LogP contribution >= 0.6 is 11.6 Å². The van der Waals surface area contributed by atoms with E-state index < -0.39 is 0 Å². The third kappa shape index (κ3) is 2.99. The van der Waals surface area contributed by atoms with Gasteiger partial charge in [-0.2, -0.15) is 0 Å². The summed E-state index contributed by atoms with van der Waals surface area (Å²) in [6.45, 7) is 2.91. The van der Waals surface area contributed by atoms with E-state index in [4.69, 9.17) is 11.6 Å². The predicted octanol–water partition coefficient (Wildman–Crippen LogP) is 2.83. The second kappa shape index (κ2) is 5.65. The Kier molecular flexibility index (Phi) is 4.17. The normalized spacial score (nSPS) is 17.7. The number of hydrogen-bond acceptors (Lipinski definition) is 3. The Bertz CT molecular complexity index is 430. The second-order valence-corrected chi connectivity index (χ2v) is 5.36. The fraction of sp³-hybridized carbons (Fsp3) is 0.615. The van der Waals surface area contributed by atoms with Gasteiger partial charge in [-0.15, -0.1) is 0 Å². The van der Waals surface area contributed by atoms with Crippen LogP contribution in [0.1, 0.15) is 49.5 Å². The molecular formula is C13H18ClN3O. The van der Waals surface area contributed by atoms with Crippen molar-refractivity contribution in [1.29, 1.82) is 0 Å². The zero-order valence-electron chi connectivity index (χ0n) is 10.6. The maximum absolute atomic E-state index is 11.9. The highest BCUT2D eigenvalue weighted by Crippen LogP contribution is 2.40. The number of rotatable bonds is 4. The average molecular weight is 268 g/mol. The molecule has 0 atom stereocenters. The molecule has 1 heterocycles. The van der Waals surface area contributed by atoms with Gasteiger partial charge in [0.15, 0.2) is 0 Å². The topological polar surface area (TPSA) is 54.9 Å². The zero-order chi connectivity index (χ0) is 13.0. The highest BCUT2D eigenvalue weighted by Gasteiger charge is 2.32. The Morgan fingerprint density at radius 2 is 2.17 bits per heavy atom. The molecule has 4 nitrogen and oxygen atoms in total. The number of nitrogens with one attached hydrogen (secondary N) is 1. The zero-order valence-corrected chi connectivity index (χ0v) is 11.3. The van der Waals surface area contributed by atoms with Crippen LogP contribution in [0.2, 0.25) is 5.15 Å². The minimum absolute atomic E-state index is 0.190. The smallest absolute Gasteiger partial charge is 0.271 e. The first-order valence-corrected chi connectivity index (χ1v) is 6.79. The average Bonchev–Trinajstić information content (AvgIpc) is 2.85. The molecule has 1 N–H and O–H groups in total. The highest BCUT2D eigenvalue weighted by atomic mass is 35.5. The molecule has 2 rings (SSSR count). The molecule has 0 unspecified atom stereocenters. The van der Waals surface area contributed by atoms with Gasteiger partial charge in [0.25, 0.3) is 5.91 Å². The Hall–Kier alpha value is -1.16. The number of amides is 1. The van der Waals surface area contributed by atoms with E-state index in [0.717, 1.165) is 13.0 Å². The molecule has 18 heavy (non-hydrogen) atoms. The van der Waals surface area contributed by atoms with Crippen molar-refractivity contribution >= 4 is 17.5 Å². The van der Waals surface area contributed by atoms with Crippen LogP contribution in [-0.2, 0) is 0 Å². The maximum atomic E-state index is 11.9. The third-order valence-corrected chi connectivity index (χ3v) is 4.06. The number of carbonyl (C=O) groups is 1. The summed E-state index contributed by atoms with van der Waals surface area (Å²) >= 11 is 5.72. The molecule has 0 radical (unpaired) electrons. The summed E-state index contributed by atoms with van der Waals surface area (Å²) in [5, 5.41) is 3.20. The SMILES string of the molecule is CCC1(CNC(=O)c2cncc(Cl)n2)CCCC1. The summed E-state index contributed by atoms with van der Waals surface area (Å²) in [5.74, 6) is -0.190. The quantitative estimate of drug-likeness (QED) is 0.913. The molecule has 0 aromatic carbocycles. The van der Waals surface area contributed by atoms with E-state index in [2.05, 4.69) is 22.2 Å². The first kappa shape index (κ1) is 13.3. The Morgan fingerprint density at radius 3 is 2.78 bits per heavy atom. The van der Waals surface area contributed by atoms with Crippen molar-refractivity contribution in [2.24, 2.45) is 5.41 Å². The summed E-state index contributed by atoms with van der Waals surface area (Å²) in [4.78, 5) is 19.8. The van der Waals surface area contributed by atoms with E-state index in [-0.39, 0.29) is 22.2 Å². The van der Waals surface area contributed by atoms with Gasteiger partial charge < -0.3 is 5.32 Å². The summed E-state index contributed by atoms with van der Waals surface area (Å²) in [6, 6.07) is 0. The van der Waals surface area contributed by atoms with Crippen molar-refractivity contribution in [3.05, 3.63) is 23.2 Å². The minimum Gasteiger partial charge on any atom is -0.350 e. The van der Waals surface area contributed by atoms with Crippen molar-refractivity contribution in [3.63, 3.8) is 0 Å². The Morgan fingerprint density at radius 1 is 1.44 bits per heavy atom. The van der Waals surface area contributed by atoms with Crippen LogP contribution in [0.3, 0.4) is 0 Å². The molecule has 1 aromatic heterocycles. The standard InChI is InChI=1S/C13H18ClN3O/c1-2-13(5-3-4-6-13)9-16-12(18)10-7-15-8-11(14)17-10/h7-8H,2-6,9H2,1H3,(H,16,18). The van der Waals surface area contributed by atoms with Crippen molar-refractivity contribution < 1.29 is 4.79 Å².